The minimum atomic E-state index is -0.535. The van der Waals surface area contributed by atoms with E-state index in [4.69, 9.17) is 0 Å². The van der Waals surface area contributed by atoms with Crippen LogP contribution in [0.25, 0.3) is 44.5 Å². The zero-order chi connectivity index (χ0) is 33.1. The van der Waals surface area contributed by atoms with Crippen molar-refractivity contribution in [3.63, 3.8) is 0 Å². The van der Waals surface area contributed by atoms with Gasteiger partial charge in [0.25, 0.3) is 0 Å². The maximum Gasteiger partial charge on any atom is 0.0720 e. The third-order valence-corrected chi connectivity index (χ3v) is 12.1. The third-order valence-electron chi connectivity index (χ3n) is 12.1. The molecule has 0 aromatic heterocycles. The molecule has 0 atom stereocenters. The molecule has 10 rings (SSSR count). The number of hydrogen-bond donors (Lipinski definition) is 0. The molecule has 0 saturated heterocycles. The number of benzene rings is 7. The molecule has 0 bridgehead atoms. The quantitative estimate of drug-likeness (QED) is 0.183. The average molecular weight is 627 g/mol. The first kappa shape index (κ1) is 28.5. The first-order valence-electron chi connectivity index (χ1n) is 17.6. The van der Waals surface area contributed by atoms with E-state index in [1.54, 1.807) is 0 Å². The van der Waals surface area contributed by atoms with Crippen LogP contribution in [0, 0.1) is 0 Å². The van der Waals surface area contributed by atoms with Crippen molar-refractivity contribution >= 4 is 0 Å². The van der Waals surface area contributed by atoms with E-state index in [-0.39, 0.29) is 10.8 Å². The molecular weight excluding hydrogens is 589 g/mol. The first-order valence-corrected chi connectivity index (χ1v) is 17.6. The van der Waals surface area contributed by atoms with Crippen molar-refractivity contribution in [1.29, 1.82) is 0 Å². The lowest BCUT2D eigenvalue weighted by molar-refractivity contribution is 0.599. The Hall–Kier alpha value is -5.46. The van der Waals surface area contributed by atoms with Crippen molar-refractivity contribution in [3.05, 3.63) is 202 Å². The van der Waals surface area contributed by atoms with E-state index in [9.17, 15) is 0 Å². The van der Waals surface area contributed by atoms with Crippen molar-refractivity contribution in [1.82, 2.24) is 0 Å². The molecule has 3 aliphatic rings. The molecule has 0 amide bonds. The molecule has 0 N–H and O–H groups in total. The summed E-state index contributed by atoms with van der Waals surface area (Å²) >= 11 is 0. The van der Waals surface area contributed by atoms with Crippen LogP contribution in [0.15, 0.2) is 158 Å². The number of fused-ring (bicyclic) bond motifs is 10. The molecule has 0 nitrogen and oxygen atoms in total. The summed E-state index contributed by atoms with van der Waals surface area (Å²) in [5.41, 5.74) is 21.0. The van der Waals surface area contributed by atoms with E-state index in [0.29, 0.717) is 0 Å². The Labute approximate surface area is 289 Å². The fraction of sp³-hybridized carbons (Fsp3) is 0.143. The highest BCUT2D eigenvalue weighted by atomic mass is 14.5. The Morgan fingerprint density at radius 1 is 0.327 bits per heavy atom. The monoisotopic (exact) mass is 626 g/mol. The number of rotatable bonds is 3. The maximum atomic E-state index is 2.62. The van der Waals surface area contributed by atoms with Crippen LogP contribution in [-0.2, 0) is 16.2 Å². The zero-order valence-electron chi connectivity index (χ0n) is 28.5. The van der Waals surface area contributed by atoms with Gasteiger partial charge in [-0.25, -0.2) is 0 Å². The van der Waals surface area contributed by atoms with Gasteiger partial charge in [0.15, 0.2) is 0 Å². The highest BCUT2D eigenvalue weighted by molar-refractivity contribution is 5.97. The lowest BCUT2D eigenvalue weighted by atomic mass is 9.63. The molecular formula is C49H38. The molecule has 7 aromatic carbocycles. The Kier molecular flexibility index (Phi) is 5.71. The molecule has 49 heavy (non-hydrogen) atoms. The molecule has 0 heterocycles. The van der Waals surface area contributed by atoms with Crippen LogP contribution in [0.4, 0.5) is 0 Å². The zero-order valence-corrected chi connectivity index (χ0v) is 28.5. The molecule has 0 aliphatic heterocycles. The molecule has 234 valence electrons. The molecule has 3 aliphatic carbocycles. The van der Waals surface area contributed by atoms with Gasteiger partial charge in [0, 0.05) is 10.8 Å². The standard InChI is InChI=1S/C49H38/c1-47(2)39-25-12-8-23-36(39)38-30-43(44-37-24-11-13-26-40(37)48(3,4)46(44)45(38)47)49(33-20-16-19-32(29-33)31-17-6-5-7-18-31)41-27-14-9-21-34(41)35-22-10-15-28-42(35)49/h5-30H,1-4H3. The Morgan fingerprint density at radius 3 is 1.43 bits per heavy atom. The number of hydrogen-bond acceptors (Lipinski definition) is 0. The maximum absolute atomic E-state index is 2.62. The van der Waals surface area contributed by atoms with E-state index >= 15 is 0 Å². The van der Waals surface area contributed by atoms with Gasteiger partial charge in [0.05, 0.1) is 5.41 Å². The van der Waals surface area contributed by atoms with Crippen molar-refractivity contribution < 1.29 is 0 Å². The summed E-state index contributed by atoms with van der Waals surface area (Å²) in [5, 5.41) is 0. The van der Waals surface area contributed by atoms with Gasteiger partial charge >= 0.3 is 0 Å². The van der Waals surface area contributed by atoms with Crippen LogP contribution >= 0.6 is 0 Å². The lowest BCUT2D eigenvalue weighted by Gasteiger charge is -2.38. The van der Waals surface area contributed by atoms with Gasteiger partial charge in [-0.3, -0.25) is 0 Å². The van der Waals surface area contributed by atoms with Crippen molar-refractivity contribution in [2.24, 2.45) is 0 Å². The molecule has 0 saturated carbocycles. The summed E-state index contributed by atoms with van der Waals surface area (Å²) in [6.45, 7) is 9.80. The van der Waals surface area contributed by atoms with Gasteiger partial charge in [-0.1, -0.05) is 173 Å². The van der Waals surface area contributed by atoms with Crippen LogP contribution in [0.5, 0.6) is 0 Å². The highest BCUT2D eigenvalue weighted by Crippen LogP contribution is 2.65. The minimum Gasteiger partial charge on any atom is -0.0622 e. The molecule has 7 aromatic rings. The molecule has 0 heteroatoms. The fourth-order valence-electron chi connectivity index (χ4n) is 10.1. The topological polar surface area (TPSA) is 0 Å². The predicted molar refractivity (Wildman–Crippen MR) is 204 cm³/mol. The van der Waals surface area contributed by atoms with Crippen LogP contribution in [-0.4, -0.2) is 0 Å². The summed E-state index contributed by atoms with van der Waals surface area (Å²) < 4.78 is 0. The Morgan fingerprint density at radius 2 is 0.796 bits per heavy atom. The van der Waals surface area contributed by atoms with Gasteiger partial charge in [0.1, 0.15) is 0 Å². The van der Waals surface area contributed by atoms with Gasteiger partial charge in [-0.05, 0) is 101 Å². The summed E-state index contributed by atoms with van der Waals surface area (Å²) in [6, 6.07) is 59.6. The molecule has 0 radical (unpaired) electrons. The van der Waals surface area contributed by atoms with Crippen LogP contribution < -0.4 is 0 Å². The predicted octanol–water partition coefficient (Wildman–Crippen LogP) is 12.3. The van der Waals surface area contributed by atoms with E-state index in [0.717, 1.165) is 0 Å². The van der Waals surface area contributed by atoms with E-state index in [2.05, 4.69) is 185 Å². The highest BCUT2D eigenvalue weighted by Gasteiger charge is 2.53. The van der Waals surface area contributed by atoms with Gasteiger partial charge in [-0.15, -0.1) is 0 Å². The van der Waals surface area contributed by atoms with Crippen LogP contribution in [0.2, 0.25) is 0 Å². The van der Waals surface area contributed by atoms with Gasteiger partial charge in [0.2, 0.25) is 0 Å². The normalized spacial score (nSPS) is 16.2. The second-order valence-electron chi connectivity index (χ2n) is 15.2. The summed E-state index contributed by atoms with van der Waals surface area (Å²) in [5.74, 6) is 0. The second-order valence-corrected chi connectivity index (χ2v) is 15.2. The third kappa shape index (κ3) is 3.54. The largest absolute Gasteiger partial charge is 0.0720 e. The van der Waals surface area contributed by atoms with Crippen molar-refractivity contribution in [2.75, 3.05) is 0 Å². The molecule has 0 spiro atoms. The summed E-state index contributed by atoms with van der Waals surface area (Å²) in [4.78, 5) is 0. The van der Waals surface area contributed by atoms with E-state index < -0.39 is 5.41 Å². The Bertz CT molecular complexity index is 2440. The van der Waals surface area contributed by atoms with Gasteiger partial charge < -0.3 is 0 Å². The first-order chi connectivity index (χ1) is 23.8. The van der Waals surface area contributed by atoms with E-state index in [1.165, 1.54) is 89.0 Å². The smallest absolute Gasteiger partial charge is 0.0622 e. The second kappa shape index (κ2) is 9.80. The van der Waals surface area contributed by atoms with Gasteiger partial charge in [-0.2, -0.15) is 0 Å². The minimum absolute atomic E-state index is 0.125. The van der Waals surface area contributed by atoms with E-state index in [1.807, 2.05) is 0 Å². The van der Waals surface area contributed by atoms with Crippen LogP contribution in [0.1, 0.15) is 72.2 Å². The lowest BCUT2D eigenvalue weighted by Crippen LogP contribution is -2.31. The van der Waals surface area contributed by atoms with Crippen molar-refractivity contribution in [3.8, 4) is 44.5 Å². The summed E-state index contributed by atoms with van der Waals surface area (Å²) in [7, 11) is 0. The SMILES string of the molecule is CC1(C)c2ccccc2-c2cc(C3(c4cccc(-c5ccccc5)c4)c4ccccc4-c4ccccc43)c3c(c21)C(C)(C)c1ccccc1-3. The molecule has 0 unspecified atom stereocenters. The summed E-state index contributed by atoms with van der Waals surface area (Å²) in [6.07, 6.45) is 0. The van der Waals surface area contributed by atoms with Crippen LogP contribution in [0.3, 0.4) is 0 Å². The fourth-order valence-corrected chi connectivity index (χ4v) is 10.1. The Balaban J connectivity index is 1.43. The van der Waals surface area contributed by atoms with Crippen molar-refractivity contribution in [2.45, 2.75) is 43.9 Å². The average Bonchev–Trinajstić information content (AvgIpc) is 3.67. The molecule has 0 fully saturated rings.